The summed E-state index contributed by atoms with van der Waals surface area (Å²) in [7, 11) is 4.91. The summed E-state index contributed by atoms with van der Waals surface area (Å²) in [6.07, 6.45) is 0. The fraction of sp³-hybridized carbons (Fsp3) is 0.263. The van der Waals surface area contributed by atoms with Crippen LogP contribution in [0.15, 0.2) is 41.4 Å². The van der Waals surface area contributed by atoms with Gasteiger partial charge in [-0.1, -0.05) is 23.5 Å². The van der Waals surface area contributed by atoms with Crippen molar-refractivity contribution in [2.75, 3.05) is 20.8 Å². The van der Waals surface area contributed by atoms with Gasteiger partial charge in [-0.2, -0.15) is 4.99 Å². The van der Waals surface area contributed by atoms with Crippen molar-refractivity contribution < 1.29 is 19.0 Å². The summed E-state index contributed by atoms with van der Waals surface area (Å²) in [5, 5.41) is 0. The van der Waals surface area contributed by atoms with Crippen molar-refractivity contribution in [1.29, 1.82) is 0 Å². The van der Waals surface area contributed by atoms with E-state index in [1.807, 2.05) is 36.7 Å². The number of carbonyl (C=O) groups is 1. The van der Waals surface area contributed by atoms with Crippen LogP contribution >= 0.6 is 11.3 Å². The lowest BCUT2D eigenvalue weighted by Crippen LogP contribution is -2.14. The van der Waals surface area contributed by atoms with Crippen LogP contribution in [0.2, 0.25) is 0 Å². The average molecular weight is 372 g/mol. The van der Waals surface area contributed by atoms with Crippen LogP contribution in [0, 0.1) is 0 Å². The Morgan fingerprint density at radius 2 is 1.85 bits per heavy atom. The first-order valence-electron chi connectivity index (χ1n) is 8.12. The summed E-state index contributed by atoms with van der Waals surface area (Å²) in [5.41, 5.74) is 1.28. The summed E-state index contributed by atoms with van der Waals surface area (Å²) in [4.78, 5) is 17.6. The van der Waals surface area contributed by atoms with Crippen LogP contribution in [-0.2, 0) is 7.05 Å². The molecule has 0 N–H and O–H groups in total. The predicted octanol–water partition coefficient (Wildman–Crippen LogP) is 3.40. The number of hydrogen-bond donors (Lipinski definition) is 0. The van der Waals surface area contributed by atoms with Gasteiger partial charge in [-0.25, -0.2) is 0 Å². The number of aromatic nitrogens is 1. The maximum absolute atomic E-state index is 12.8. The number of rotatable bonds is 5. The van der Waals surface area contributed by atoms with Gasteiger partial charge in [-0.05, 0) is 31.2 Å². The van der Waals surface area contributed by atoms with Crippen LogP contribution in [0.4, 0.5) is 0 Å². The van der Waals surface area contributed by atoms with Crippen molar-refractivity contribution in [3.05, 3.63) is 46.8 Å². The summed E-state index contributed by atoms with van der Waals surface area (Å²) in [5.74, 6) is 1.26. The summed E-state index contributed by atoms with van der Waals surface area (Å²) >= 11 is 1.43. The predicted molar refractivity (Wildman–Crippen MR) is 101 cm³/mol. The van der Waals surface area contributed by atoms with E-state index in [1.54, 1.807) is 18.2 Å². The second-order valence-electron chi connectivity index (χ2n) is 5.44. The van der Waals surface area contributed by atoms with Gasteiger partial charge in [0.15, 0.2) is 16.3 Å². The van der Waals surface area contributed by atoms with Crippen LogP contribution in [0.25, 0.3) is 10.2 Å². The highest BCUT2D eigenvalue weighted by molar-refractivity contribution is 7.16. The molecule has 1 heterocycles. The molecule has 0 atom stereocenters. The van der Waals surface area contributed by atoms with Gasteiger partial charge in [0.25, 0.3) is 5.91 Å². The van der Waals surface area contributed by atoms with Gasteiger partial charge in [-0.15, -0.1) is 0 Å². The summed E-state index contributed by atoms with van der Waals surface area (Å²) in [6.45, 7) is 2.51. The third-order valence-corrected chi connectivity index (χ3v) is 5.01. The first-order valence-corrected chi connectivity index (χ1v) is 8.93. The number of ether oxygens (including phenoxy) is 3. The minimum atomic E-state index is -0.388. The number of hydrogen-bond acceptors (Lipinski definition) is 5. The van der Waals surface area contributed by atoms with Crippen molar-refractivity contribution in [2.45, 2.75) is 6.92 Å². The molecule has 2 aromatic carbocycles. The molecule has 0 saturated carbocycles. The molecule has 136 valence electrons. The number of thiazole rings is 1. The fourth-order valence-corrected chi connectivity index (χ4v) is 3.78. The fourth-order valence-electron chi connectivity index (χ4n) is 2.75. The molecule has 0 aliphatic carbocycles. The van der Waals surface area contributed by atoms with Crippen LogP contribution in [-0.4, -0.2) is 31.3 Å². The van der Waals surface area contributed by atoms with Gasteiger partial charge in [0.2, 0.25) is 0 Å². The van der Waals surface area contributed by atoms with E-state index in [9.17, 15) is 4.79 Å². The largest absolute Gasteiger partial charge is 0.493 e. The minimum Gasteiger partial charge on any atom is -0.493 e. The maximum Gasteiger partial charge on any atom is 0.283 e. The highest BCUT2D eigenvalue weighted by Crippen LogP contribution is 2.31. The monoisotopic (exact) mass is 372 g/mol. The van der Waals surface area contributed by atoms with E-state index in [0.717, 1.165) is 16.0 Å². The van der Waals surface area contributed by atoms with Gasteiger partial charge in [0.05, 0.1) is 31.1 Å². The first kappa shape index (κ1) is 18.0. The Labute approximate surface area is 155 Å². The Kier molecular flexibility index (Phi) is 5.27. The Hall–Kier alpha value is -2.80. The number of aryl methyl sites for hydroxylation is 1. The quantitative estimate of drug-likeness (QED) is 0.689. The maximum atomic E-state index is 12.8. The molecule has 0 unspecified atom stereocenters. The molecular weight excluding hydrogens is 352 g/mol. The zero-order valence-electron chi connectivity index (χ0n) is 15.1. The van der Waals surface area contributed by atoms with Gasteiger partial charge < -0.3 is 18.8 Å². The van der Waals surface area contributed by atoms with Crippen molar-refractivity contribution in [3.8, 4) is 17.2 Å². The molecule has 0 aliphatic heterocycles. The number of amides is 1. The molecule has 7 heteroatoms. The Balaban J connectivity index is 2.13. The third-order valence-electron chi connectivity index (χ3n) is 3.92. The Morgan fingerprint density at radius 1 is 1.12 bits per heavy atom. The van der Waals surface area contributed by atoms with E-state index in [2.05, 4.69) is 4.99 Å². The van der Waals surface area contributed by atoms with Crippen molar-refractivity contribution in [1.82, 2.24) is 4.57 Å². The van der Waals surface area contributed by atoms with Crippen LogP contribution in [0.1, 0.15) is 17.3 Å². The van der Waals surface area contributed by atoms with Gasteiger partial charge in [-0.3, -0.25) is 4.79 Å². The lowest BCUT2D eigenvalue weighted by molar-refractivity contribution is 0.0994. The van der Waals surface area contributed by atoms with E-state index in [0.29, 0.717) is 28.5 Å². The van der Waals surface area contributed by atoms with Gasteiger partial charge >= 0.3 is 0 Å². The van der Waals surface area contributed by atoms with Gasteiger partial charge in [0, 0.05) is 7.05 Å². The molecule has 3 rings (SSSR count). The number of fused-ring (bicyclic) bond motifs is 1. The van der Waals surface area contributed by atoms with Crippen LogP contribution in [0.3, 0.4) is 0 Å². The molecule has 6 nitrogen and oxygen atoms in total. The van der Waals surface area contributed by atoms with E-state index >= 15 is 0 Å². The molecule has 0 fully saturated rings. The molecule has 0 saturated heterocycles. The topological polar surface area (TPSA) is 62.1 Å². The van der Waals surface area contributed by atoms with Crippen molar-refractivity contribution >= 4 is 27.5 Å². The second-order valence-corrected chi connectivity index (χ2v) is 6.45. The molecule has 3 aromatic rings. The lowest BCUT2D eigenvalue weighted by atomic mass is 10.2. The zero-order chi connectivity index (χ0) is 18.7. The van der Waals surface area contributed by atoms with Gasteiger partial charge in [0.1, 0.15) is 11.3 Å². The standard InChI is InChI=1S/C19H20N2O4S/c1-5-25-13-9-7-11-15-16(13)21(2)19(26-15)20-18(22)12-8-6-10-14(23-3)17(12)24-4/h6-11H,5H2,1-4H3. The van der Waals surface area contributed by atoms with E-state index in [4.69, 9.17) is 14.2 Å². The molecule has 0 spiro atoms. The number of nitrogens with zero attached hydrogens (tertiary/aromatic N) is 2. The van der Waals surface area contributed by atoms with Crippen LogP contribution in [0.5, 0.6) is 17.2 Å². The molecule has 1 aromatic heterocycles. The van der Waals surface area contributed by atoms with Crippen molar-refractivity contribution in [2.24, 2.45) is 12.0 Å². The lowest BCUT2D eigenvalue weighted by Gasteiger charge is -2.09. The van der Waals surface area contributed by atoms with Crippen LogP contribution < -0.4 is 19.0 Å². The molecule has 26 heavy (non-hydrogen) atoms. The Bertz CT molecular complexity index is 1020. The SMILES string of the molecule is CCOc1cccc2sc(=NC(=O)c3cccc(OC)c3OC)n(C)c12. The van der Waals surface area contributed by atoms with E-state index < -0.39 is 0 Å². The molecule has 0 bridgehead atoms. The Morgan fingerprint density at radius 3 is 2.54 bits per heavy atom. The van der Waals surface area contributed by atoms with E-state index in [1.165, 1.54) is 25.6 Å². The molecule has 0 aliphatic rings. The third kappa shape index (κ3) is 3.17. The zero-order valence-corrected chi connectivity index (χ0v) is 15.9. The smallest absolute Gasteiger partial charge is 0.283 e. The number of para-hydroxylation sites is 2. The second kappa shape index (κ2) is 7.61. The van der Waals surface area contributed by atoms with Crippen molar-refractivity contribution in [3.63, 3.8) is 0 Å². The number of methoxy groups -OCH3 is 2. The average Bonchev–Trinajstić information content (AvgIpc) is 2.97. The molecule has 1 amide bonds. The number of benzene rings is 2. The highest BCUT2D eigenvalue weighted by Gasteiger charge is 2.17. The minimum absolute atomic E-state index is 0.356. The van der Waals surface area contributed by atoms with E-state index in [-0.39, 0.29) is 5.91 Å². The first-order chi connectivity index (χ1) is 12.6. The number of carbonyl (C=O) groups excluding carboxylic acids is 1. The normalized spacial score (nSPS) is 11.6. The highest BCUT2D eigenvalue weighted by atomic mass is 32.1. The summed E-state index contributed by atoms with van der Waals surface area (Å²) in [6, 6.07) is 11.0. The molecule has 0 radical (unpaired) electrons. The summed E-state index contributed by atoms with van der Waals surface area (Å²) < 4.78 is 19.2. The molecular formula is C19H20N2O4S.